The van der Waals surface area contributed by atoms with Gasteiger partial charge in [0.1, 0.15) is 11.2 Å². The van der Waals surface area contributed by atoms with Gasteiger partial charge in [0.05, 0.1) is 5.69 Å². The number of nitrogens with zero attached hydrogens (tertiary/aromatic N) is 1. The third kappa shape index (κ3) is 5.65. The molecule has 0 aliphatic heterocycles. The second-order valence-electron chi connectivity index (χ2n) is 15.5. The first-order chi connectivity index (χ1) is 24.1. The zero-order valence-corrected chi connectivity index (χ0v) is 29.8. The fourth-order valence-corrected chi connectivity index (χ4v) is 7.21. The normalized spacial score (nSPS) is 12.2. The van der Waals surface area contributed by atoms with Gasteiger partial charge in [0.15, 0.2) is 0 Å². The number of hydrogen-bond donors (Lipinski definition) is 0. The molecule has 0 aliphatic carbocycles. The second kappa shape index (κ2) is 12.1. The summed E-state index contributed by atoms with van der Waals surface area (Å²) < 4.78 is 6.58. The number of hydrogen-bond acceptors (Lipinski definition) is 2. The van der Waals surface area contributed by atoms with Gasteiger partial charge in [0.25, 0.3) is 0 Å². The summed E-state index contributed by atoms with van der Waals surface area (Å²) in [6.07, 6.45) is 0. The van der Waals surface area contributed by atoms with Crippen molar-refractivity contribution in [2.45, 2.75) is 52.4 Å². The predicted molar refractivity (Wildman–Crippen MR) is 214 cm³/mol. The molecule has 0 bridgehead atoms. The van der Waals surface area contributed by atoms with E-state index in [4.69, 9.17) is 4.42 Å². The summed E-state index contributed by atoms with van der Waals surface area (Å²) >= 11 is 0. The van der Waals surface area contributed by atoms with Crippen LogP contribution in [0.5, 0.6) is 0 Å². The van der Waals surface area contributed by atoms with Crippen LogP contribution in [0.1, 0.15) is 52.7 Å². The molecule has 2 heteroatoms. The van der Waals surface area contributed by atoms with E-state index in [1.165, 1.54) is 44.2 Å². The minimum Gasteiger partial charge on any atom is -0.456 e. The zero-order chi connectivity index (χ0) is 34.6. The highest BCUT2D eigenvalue weighted by atomic mass is 16.3. The highest BCUT2D eigenvalue weighted by Gasteiger charge is 2.24. The average Bonchev–Trinajstić information content (AvgIpc) is 3.49. The molecule has 246 valence electrons. The van der Waals surface area contributed by atoms with Gasteiger partial charge in [0.2, 0.25) is 0 Å². The molecular weight excluding hydrogens is 607 g/mol. The summed E-state index contributed by atoms with van der Waals surface area (Å²) in [4.78, 5) is 2.41. The third-order valence-electron chi connectivity index (χ3n) is 10.00. The molecule has 1 aromatic heterocycles. The van der Waals surface area contributed by atoms with Crippen LogP contribution in [0.3, 0.4) is 0 Å². The van der Waals surface area contributed by atoms with Crippen molar-refractivity contribution in [3.05, 3.63) is 163 Å². The lowest BCUT2D eigenvalue weighted by Gasteiger charge is -2.30. The molecule has 0 atom stereocenters. The number of anilines is 3. The van der Waals surface area contributed by atoms with E-state index in [-0.39, 0.29) is 10.8 Å². The van der Waals surface area contributed by atoms with Crippen molar-refractivity contribution in [3.8, 4) is 22.3 Å². The van der Waals surface area contributed by atoms with E-state index in [9.17, 15) is 0 Å². The first-order valence-corrected chi connectivity index (χ1v) is 17.6. The monoisotopic (exact) mass is 649 g/mol. The SMILES string of the molecule is CC(C)(C)c1ccc(N(c2ccc3c(c2)oc2ccc(C(C)(C)C)cc23)c2ccc3ccccc3c2-c2ccccc2-c2ccccc2)cc1. The molecule has 50 heavy (non-hydrogen) atoms. The van der Waals surface area contributed by atoms with Gasteiger partial charge in [-0.1, -0.05) is 145 Å². The molecule has 8 aromatic rings. The first kappa shape index (κ1) is 31.7. The lowest BCUT2D eigenvalue weighted by Crippen LogP contribution is -2.14. The molecule has 0 saturated heterocycles. The highest BCUT2D eigenvalue weighted by molar-refractivity contribution is 6.10. The summed E-state index contributed by atoms with van der Waals surface area (Å²) in [5, 5.41) is 4.71. The van der Waals surface area contributed by atoms with E-state index in [0.717, 1.165) is 39.0 Å². The van der Waals surface area contributed by atoms with Crippen LogP contribution < -0.4 is 4.90 Å². The van der Waals surface area contributed by atoms with E-state index in [1.807, 2.05) is 0 Å². The Labute approximate surface area is 295 Å². The Balaban J connectivity index is 1.40. The molecule has 0 aliphatic rings. The molecular formula is C48H43NO. The van der Waals surface area contributed by atoms with Crippen LogP contribution in [0.25, 0.3) is 55.0 Å². The van der Waals surface area contributed by atoms with Crippen molar-refractivity contribution in [2.75, 3.05) is 4.90 Å². The zero-order valence-electron chi connectivity index (χ0n) is 29.8. The van der Waals surface area contributed by atoms with E-state index < -0.39 is 0 Å². The molecule has 0 radical (unpaired) electrons. The predicted octanol–water partition coefficient (Wildman–Crippen LogP) is 14.1. The van der Waals surface area contributed by atoms with E-state index in [0.29, 0.717) is 0 Å². The molecule has 7 aromatic carbocycles. The first-order valence-electron chi connectivity index (χ1n) is 17.6. The lowest BCUT2D eigenvalue weighted by molar-refractivity contribution is 0.590. The van der Waals surface area contributed by atoms with Crippen molar-refractivity contribution in [2.24, 2.45) is 0 Å². The Morgan fingerprint density at radius 3 is 1.82 bits per heavy atom. The van der Waals surface area contributed by atoms with Gasteiger partial charge in [-0.25, -0.2) is 0 Å². The summed E-state index contributed by atoms with van der Waals surface area (Å²) in [7, 11) is 0. The second-order valence-corrected chi connectivity index (χ2v) is 15.5. The number of rotatable bonds is 5. The van der Waals surface area contributed by atoms with Crippen molar-refractivity contribution in [1.29, 1.82) is 0 Å². The van der Waals surface area contributed by atoms with E-state index in [1.54, 1.807) is 0 Å². The van der Waals surface area contributed by atoms with Gasteiger partial charge >= 0.3 is 0 Å². The van der Waals surface area contributed by atoms with Gasteiger partial charge < -0.3 is 9.32 Å². The van der Waals surface area contributed by atoms with Crippen LogP contribution in [-0.4, -0.2) is 0 Å². The van der Waals surface area contributed by atoms with Gasteiger partial charge in [-0.05, 0) is 91.9 Å². The molecule has 0 unspecified atom stereocenters. The summed E-state index contributed by atoms with van der Waals surface area (Å²) in [5.41, 5.74) is 12.5. The largest absolute Gasteiger partial charge is 0.456 e. The Hall–Kier alpha value is -5.60. The maximum absolute atomic E-state index is 6.58. The molecule has 8 rings (SSSR count). The summed E-state index contributed by atoms with van der Waals surface area (Å²) in [5.74, 6) is 0. The molecule has 0 spiro atoms. The van der Waals surface area contributed by atoms with Crippen LogP contribution in [-0.2, 0) is 10.8 Å². The molecule has 0 amide bonds. The van der Waals surface area contributed by atoms with Crippen molar-refractivity contribution in [1.82, 2.24) is 0 Å². The molecule has 1 heterocycles. The Morgan fingerprint density at radius 1 is 0.440 bits per heavy atom. The fraction of sp³-hybridized carbons (Fsp3) is 0.167. The van der Waals surface area contributed by atoms with E-state index >= 15 is 0 Å². The molecule has 2 nitrogen and oxygen atoms in total. The highest BCUT2D eigenvalue weighted by Crippen LogP contribution is 2.48. The van der Waals surface area contributed by atoms with Crippen LogP contribution >= 0.6 is 0 Å². The van der Waals surface area contributed by atoms with E-state index in [2.05, 4.69) is 198 Å². The third-order valence-corrected chi connectivity index (χ3v) is 10.00. The van der Waals surface area contributed by atoms with Crippen LogP contribution in [0, 0.1) is 0 Å². The molecule has 0 N–H and O–H groups in total. The topological polar surface area (TPSA) is 16.4 Å². The standard InChI is InChI=1S/C48H43NO/c1-47(2,3)34-21-24-36(25-22-34)49(37-26-27-40-42-30-35(48(4,5)6)23-29-44(42)50-45(40)31-37)43-28-20-33-16-10-11-18-39(33)46(43)41-19-13-12-17-38(41)32-14-8-7-9-15-32/h7-31H,1-6H3. The van der Waals surface area contributed by atoms with Crippen molar-refractivity contribution in [3.63, 3.8) is 0 Å². The Morgan fingerprint density at radius 2 is 1.08 bits per heavy atom. The Kier molecular flexibility index (Phi) is 7.64. The maximum atomic E-state index is 6.58. The molecule has 0 fully saturated rings. The van der Waals surface area contributed by atoms with Crippen molar-refractivity contribution >= 4 is 49.8 Å². The Bertz CT molecular complexity index is 2490. The van der Waals surface area contributed by atoms with Crippen LogP contribution in [0.15, 0.2) is 156 Å². The minimum absolute atomic E-state index is 0.0468. The van der Waals surface area contributed by atoms with Gasteiger partial charge in [0, 0.05) is 33.8 Å². The number of benzene rings is 7. The summed E-state index contributed by atoms with van der Waals surface area (Å²) in [6, 6.07) is 55.2. The average molecular weight is 650 g/mol. The van der Waals surface area contributed by atoms with Gasteiger partial charge in [-0.2, -0.15) is 0 Å². The smallest absolute Gasteiger partial charge is 0.137 e. The van der Waals surface area contributed by atoms with Gasteiger partial charge in [-0.3, -0.25) is 0 Å². The summed E-state index contributed by atoms with van der Waals surface area (Å²) in [6.45, 7) is 13.6. The quantitative estimate of drug-likeness (QED) is 0.184. The van der Waals surface area contributed by atoms with Crippen LogP contribution in [0.4, 0.5) is 17.1 Å². The van der Waals surface area contributed by atoms with Crippen molar-refractivity contribution < 1.29 is 4.42 Å². The maximum Gasteiger partial charge on any atom is 0.137 e. The number of furan rings is 1. The van der Waals surface area contributed by atoms with Crippen LogP contribution in [0.2, 0.25) is 0 Å². The fourth-order valence-electron chi connectivity index (χ4n) is 7.21. The minimum atomic E-state index is 0.0468. The lowest BCUT2D eigenvalue weighted by atomic mass is 9.86. The van der Waals surface area contributed by atoms with Gasteiger partial charge in [-0.15, -0.1) is 0 Å². The number of fused-ring (bicyclic) bond motifs is 4. The molecule has 0 saturated carbocycles.